The van der Waals surface area contributed by atoms with Gasteiger partial charge in [0, 0.05) is 33.4 Å². The smallest absolute Gasteiger partial charge is 0.356 e. The number of hydrogen-bond acceptors (Lipinski definition) is 4. The summed E-state index contributed by atoms with van der Waals surface area (Å²) in [5.41, 5.74) is 0. The van der Waals surface area contributed by atoms with Crippen LogP contribution in [0.4, 0.5) is 24.9 Å². The Bertz CT molecular complexity index is 433. The fourth-order valence-corrected chi connectivity index (χ4v) is 2.18. The van der Waals surface area contributed by atoms with Gasteiger partial charge in [-0.2, -0.15) is 18.2 Å². The molecule has 1 unspecified atom stereocenters. The van der Waals surface area contributed by atoms with Gasteiger partial charge in [0.2, 0.25) is 5.95 Å². The molecule has 0 radical (unpaired) electrons. The van der Waals surface area contributed by atoms with Gasteiger partial charge in [0.25, 0.3) is 0 Å². The zero-order valence-corrected chi connectivity index (χ0v) is 11.0. The fourth-order valence-electron chi connectivity index (χ4n) is 2.18. The number of aromatic nitrogens is 2. The van der Waals surface area contributed by atoms with Gasteiger partial charge in [-0.05, 0) is 18.9 Å². The third-order valence-corrected chi connectivity index (χ3v) is 3.24. The van der Waals surface area contributed by atoms with Crippen molar-refractivity contribution in [2.45, 2.75) is 19.0 Å². The summed E-state index contributed by atoms with van der Waals surface area (Å²) in [7, 11) is 3.60. The van der Waals surface area contributed by atoms with Gasteiger partial charge in [-0.25, -0.2) is 4.98 Å². The van der Waals surface area contributed by atoms with Crippen molar-refractivity contribution in [3.63, 3.8) is 0 Å². The number of piperidine rings is 1. The molecular weight excluding hydrogens is 257 g/mol. The Labute approximate surface area is 110 Å². The van der Waals surface area contributed by atoms with Crippen LogP contribution in [0.1, 0.15) is 12.8 Å². The molecule has 19 heavy (non-hydrogen) atoms. The van der Waals surface area contributed by atoms with Crippen molar-refractivity contribution in [3.8, 4) is 0 Å². The van der Waals surface area contributed by atoms with Crippen LogP contribution < -0.4 is 9.80 Å². The van der Waals surface area contributed by atoms with Gasteiger partial charge in [-0.3, -0.25) is 0 Å². The fraction of sp³-hybridized carbons (Fsp3) is 0.667. The first-order chi connectivity index (χ1) is 8.88. The first-order valence-electron chi connectivity index (χ1n) is 6.20. The van der Waals surface area contributed by atoms with E-state index >= 15 is 0 Å². The lowest BCUT2D eigenvalue weighted by molar-refractivity contribution is -0.176. The largest absolute Gasteiger partial charge is 0.393 e. The van der Waals surface area contributed by atoms with Crippen LogP contribution in [0.5, 0.6) is 0 Å². The Morgan fingerprint density at radius 3 is 2.74 bits per heavy atom. The van der Waals surface area contributed by atoms with E-state index < -0.39 is 12.1 Å². The minimum Gasteiger partial charge on any atom is -0.356 e. The maximum Gasteiger partial charge on any atom is 0.393 e. The normalized spacial score (nSPS) is 20.5. The molecule has 1 fully saturated rings. The number of rotatable bonds is 2. The Balaban J connectivity index is 2.15. The topological polar surface area (TPSA) is 32.3 Å². The van der Waals surface area contributed by atoms with Crippen LogP contribution in [0.2, 0.25) is 0 Å². The Morgan fingerprint density at radius 2 is 2.11 bits per heavy atom. The molecule has 7 heteroatoms. The Kier molecular flexibility index (Phi) is 3.82. The van der Waals surface area contributed by atoms with E-state index in [2.05, 4.69) is 9.97 Å². The Morgan fingerprint density at radius 1 is 1.37 bits per heavy atom. The van der Waals surface area contributed by atoms with E-state index in [9.17, 15) is 13.2 Å². The first-order valence-corrected chi connectivity index (χ1v) is 6.20. The summed E-state index contributed by atoms with van der Waals surface area (Å²) < 4.78 is 38.3. The minimum atomic E-state index is -4.13. The molecule has 0 bridgehead atoms. The molecule has 0 saturated carbocycles. The van der Waals surface area contributed by atoms with Crippen molar-refractivity contribution in [3.05, 3.63) is 12.3 Å². The van der Waals surface area contributed by atoms with Gasteiger partial charge < -0.3 is 9.80 Å². The van der Waals surface area contributed by atoms with Crippen molar-refractivity contribution in [2.24, 2.45) is 5.92 Å². The summed E-state index contributed by atoms with van der Waals surface area (Å²) in [6.07, 6.45) is -1.82. The average Bonchev–Trinajstić information content (AvgIpc) is 2.38. The summed E-state index contributed by atoms with van der Waals surface area (Å²) in [5, 5.41) is 0. The zero-order chi connectivity index (χ0) is 14.0. The van der Waals surface area contributed by atoms with Crippen LogP contribution in [-0.4, -0.2) is 43.3 Å². The molecule has 1 atom stereocenters. The van der Waals surface area contributed by atoms with Crippen molar-refractivity contribution in [2.75, 3.05) is 37.0 Å². The molecule has 1 aromatic heterocycles. The monoisotopic (exact) mass is 274 g/mol. The van der Waals surface area contributed by atoms with Crippen molar-refractivity contribution < 1.29 is 13.2 Å². The predicted octanol–water partition coefficient (Wildman–Crippen LogP) is 2.32. The lowest BCUT2D eigenvalue weighted by atomic mass is 9.97. The molecule has 1 aliphatic rings. The molecule has 1 aliphatic heterocycles. The average molecular weight is 274 g/mol. The van der Waals surface area contributed by atoms with Crippen LogP contribution in [0.15, 0.2) is 12.3 Å². The third-order valence-electron chi connectivity index (χ3n) is 3.24. The van der Waals surface area contributed by atoms with Crippen molar-refractivity contribution >= 4 is 11.8 Å². The van der Waals surface area contributed by atoms with Gasteiger partial charge in [-0.1, -0.05) is 0 Å². The molecule has 0 spiro atoms. The van der Waals surface area contributed by atoms with Gasteiger partial charge in [0.15, 0.2) is 0 Å². The number of hydrogen-bond donors (Lipinski definition) is 0. The number of nitrogens with zero attached hydrogens (tertiary/aromatic N) is 4. The maximum absolute atomic E-state index is 12.8. The SMILES string of the molecule is CN(C)c1nccc(N2CCCC(C(F)(F)F)C2)n1. The molecule has 2 heterocycles. The van der Waals surface area contributed by atoms with E-state index in [1.54, 1.807) is 36.2 Å². The lowest BCUT2D eigenvalue weighted by Crippen LogP contribution is -2.42. The van der Waals surface area contributed by atoms with Crippen molar-refractivity contribution in [1.29, 1.82) is 0 Å². The van der Waals surface area contributed by atoms with Gasteiger partial charge in [0.1, 0.15) is 5.82 Å². The van der Waals surface area contributed by atoms with E-state index in [1.807, 2.05) is 0 Å². The second-order valence-corrected chi connectivity index (χ2v) is 4.94. The minimum absolute atomic E-state index is 0.0205. The van der Waals surface area contributed by atoms with Crippen LogP contribution in [0.25, 0.3) is 0 Å². The zero-order valence-electron chi connectivity index (χ0n) is 11.0. The van der Waals surface area contributed by atoms with Crippen LogP contribution in [-0.2, 0) is 0 Å². The summed E-state index contributed by atoms with van der Waals surface area (Å²) in [5.74, 6) is -0.196. The summed E-state index contributed by atoms with van der Waals surface area (Å²) >= 11 is 0. The second kappa shape index (κ2) is 5.22. The van der Waals surface area contributed by atoms with Gasteiger partial charge >= 0.3 is 6.18 Å². The summed E-state index contributed by atoms with van der Waals surface area (Å²) in [6, 6.07) is 1.66. The van der Waals surface area contributed by atoms with Crippen molar-refractivity contribution in [1.82, 2.24) is 9.97 Å². The van der Waals surface area contributed by atoms with E-state index in [4.69, 9.17) is 0 Å². The van der Waals surface area contributed by atoms with E-state index in [-0.39, 0.29) is 13.0 Å². The molecule has 2 rings (SSSR count). The molecule has 106 valence electrons. The standard InChI is InChI=1S/C12H17F3N4/c1-18(2)11-16-6-5-10(17-11)19-7-3-4-9(8-19)12(13,14)15/h5-6,9H,3-4,7-8H2,1-2H3. The molecule has 0 N–H and O–H groups in total. The molecule has 4 nitrogen and oxygen atoms in total. The highest BCUT2D eigenvalue weighted by Crippen LogP contribution is 2.34. The molecule has 0 amide bonds. The van der Waals surface area contributed by atoms with Gasteiger partial charge in [0.05, 0.1) is 5.92 Å². The number of alkyl halides is 3. The summed E-state index contributed by atoms with van der Waals surface area (Å²) in [6.45, 7) is 0.587. The quantitative estimate of drug-likeness (QED) is 0.828. The predicted molar refractivity (Wildman–Crippen MR) is 67.4 cm³/mol. The second-order valence-electron chi connectivity index (χ2n) is 4.94. The Hall–Kier alpha value is -1.53. The summed E-state index contributed by atoms with van der Waals surface area (Å²) in [4.78, 5) is 11.8. The van der Waals surface area contributed by atoms with E-state index in [0.717, 1.165) is 0 Å². The van der Waals surface area contributed by atoms with Gasteiger partial charge in [-0.15, -0.1) is 0 Å². The number of anilines is 2. The maximum atomic E-state index is 12.8. The lowest BCUT2D eigenvalue weighted by Gasteiger charge is -2.34. The van der Waals surface area contributed by atoms with E-state index in [1.165, 1.54) is 0 Å². The highest BCUT2D eigenvalue weighted by molar-refractivity contribution is 5.43. The van der Waals surface area contributed by atoms with Crippen LogP contribution in [0, 0.1) is 5.92 Å². The molecular formula is C12H17F3N4. The molecule has 1 saturated heterocycles. The van der Waals surface area contributed by atoms with Crippen LogP contribution in [0.3, 0.4) is 0 Å². The molecule has 1 aromatic rings. The van der Waals surface area contributed by atoms with E-state index in [0.29, 0.717) is 24.7 Å². The third kappa shape index (κ3) is 3.27. The molecule has 0 aromatic carbocycles. The first kappa shape index (κ1) is 13.9. The van der Waals surface area contributed by atoms with Crippen LogP contribution >= 0.6 is 0 Å². The number of halogens is 3. The highest BCUT2D eigenvalue weighted by atomic mass is 19.4. The highest BCUT2D eigenvalue weighted by Gasteiger charge is 2.42. The molecule has 0 aliphatic carbocycles.